The summed E-state index contributed by atoms with van der Waals surface area (Å²) in [5.74, 6) is 2.79. The molecule has 0 saturated carbocycles. The van der Waals surface area contributed by atoms with Crippen molar-refractivity contribution in [3.8, 4) is 0 Å². The van der Waals surface area contributed by atoms with E-state index < -0.39 is 0 Å². The number of ether oxygens (including phenoxy) is 6. The van der Waals surface area contributed by atoms with E-state index in [-0.39, 0.29) is 12.2 Å². The van der Waals surface area contributed by atoms with Crippen LogP contribution in [0, 0.1) is 0 Å². The molecule has 4 rings (SSSR count). The maximum absolute atomic E-state index is 5.66. The van der Waals surface area contributed by atoms with Crippen LogP contribution in [0.5, 0.6) is 0 Å². The fraction of sp³-hybridized carbons (Fsp3) is 0.786. The van der Waals surface area contributed by atoms with Gasteiger partial charge in [0.1, 0.15) is 11.0 Å². The van der Waals surface area contributed by atoms with Crippen molar-refractivity contribution in [2.75, 3.05) is 141 Å². The highest BCUT2D eigenvalue weighted by molar-refractivity contribution is 5.95. The highest BCUT2D eigenvalue weighted by Crippen LogP contribution is 2.35. The van der Waals surface area contributed by atoms with Gasteiger partial charge in [0.15, 0.2) is 11.6 Å². The van der Waals surface area contributed by atoms with Crippen LogP contribution in [0.15, 0.2) is 0 Å². The van der Waals surface area contributed by atoms with Gasteiger partial charge in [0, 0.05) is 95.0 Å². The highest BCUT2D eigenvalue weighted by Gasteiger charge is 2.33. The van der Waals surface area contributed by atoms with Crippen LogP contribution in [0.1, 0.15) is 12.8 Å². The Morgan fingerprint density at radius 3 is 1.36 bits per heavy atom. The Bertz CT molecular complexity index is 1080. The van der Waals surface area contributed by atoms with E-state index in [1.165, 1.54) is 0 Å². The summed E-state index contributed by atoms with van der Waals surface area (Å²) in [4.78, 5) is 29.3. The molecule has 2 saturated heterocycles. The Morgan fingerprint density at radius 1 is 0.571 bits per heavy atom. The van der Waals surface area contributed by atoms with Crippen LogP contribution in [0.3, 0.4) is 0 Å². The first-order chi connectivity index (χ1) is 20.6. The highest BCUT2D eigenvalue weighted by atomic mass is 16.5. The Balaban J connectivity index is 1.88. The number of hydrogen-bond acceptors (Lipinski definition) is 14. The molecule has 0 N–H and O–H groups in total. The van der Waals surface area contributed by atoms with Gasteiger partial charge in [-0.2, -0.15) is 9.97 Å². The molecule has 2 aromatic heterocycles. The number of methoxy groups -OCH3 is 6. The zero-order valence-corrected chi connectivity index (χ0v) is 26.1. The summed E-state index contributed by atoms with van der Waals surface area (Å²) in [7, 11) is 10.3. The summed E-state index contributed by atoms with van der Waals surface area (Å²) in [5, 5.41) is 0. The number of hydrogen-bond donors (Lipinski definition) is 0. The third kappa shape index (κ3) is 7.85. The van der Waals surface area contributed by atoms with Crippen LogP contribution in [0.2, 0.25) is 0 Å². The lowest BCUT2D eigenvalue weighted by atomic mass is 10.1. The Morgan fingerprint density at radius 2 is 0.976 bits per heavy atom. The lowest BCUT2D eigenvalue weighted by Crippen LogP contribution is -2.52. The molecular formula is C28H48N8O6. The van der Waals surface area contributed by atoms with Gasteiger partial charge in [-0.1, -0.05) is 0 Å². The molecular weight excluding hydrogens is 544 g/mol. The van der Waals surface area contributed by atoms with Crippen molar-refractivity contribution >= 4 is 34.6 Å². The van der Waals surface area contributed by atoms with E-state index in [9.17, 15) is 0 Å². The molecule has 0 atom stereocenters. The van der Waals surface area contributed by atoms with Crippen molar-refractivity contribution in [2.24, 2.45) is 0 Å². The SMILES string of the molecule is COCCN(CCOC)c1nc(N2CC(OC)C2)c2nc(N(CCOC)CCOC)nc(N3CCC(OC)CC3)c2n1. The van der Waals surface area contributed by atoms with E-state index in [2.05, 4.69) is 19.6 Å². The van der Waals surface area contributed by atoms with Gasteiger partial charge < -0.3 is 48.0 Å². The molecule has 14 nitrogen and oxygen atoms in total. The third-order valence-electron chi connectivity index (χ3n) is 7.87. The fourth-order valence-electron chi connectivity index (χ4n) is 5.18. The molecule has 236 valence electrons. The quantitative estimate of drug-likeness (QED) is 0.245. The van der Waals surface area contributed by atoms with Crippen LogP contribution in [-0.2, 0) is 28.4 Å². The largest absolute Gasteiger partial charge is 0.383 e. The summed E-state index contributed by atoms with van der Waals surface area (Å²) in [5.41, 5.74) is 1.45. The number of nitrogens with zero attached hydrogens (tertiary/aromatic N) is 8. The molecule has 0 aliphatic carbocycles. The van der Waals surface area contributed by atoms with Crippen molar-refractivity contribution < 1.29 is 28.4 Å². The van der Waals surface area contributed by atoms with Crippen LogP contribution in [-0.4, -0.2) is 154 Å². The molecule has 14 heteroatoms. The van der Waals surface area contributed by atoms with Crippen LogP contribution < -0.4 is 19.6 Å². The Labute approximate surface area is 249 Å². The first-order valence-corrected chi connectivity index (χ1v) is 14.7. The molecule has 0 amide bonds. The molecule has 2 aliphatic heterocycles. The minimum atomic E-state index is 0.144. The van der Waals surface area contributed by atoms with Gasteiger partial charge in [-0.25, -0.2) is 9.97 Å². The van der Waals surface area contributed by atoms with E-state index in [0.717, 1.165) is 61.7 Å². The second-order valence-corrected chi connectivity index (χ2v) is 10.5. The number of anilines is 4. The van der Waals surface area contributed by atoms with Gasteiger partial charge in [0.25, 0.3) is 0 Å². The van der Waals surface area contributed by atoms with Gasteiger partial charge in [-0.3, -0.25) is 0 Å². The molecule has 42 heavy (non-hydrogen) atoms. The van der Waals surface area contributed by atoms with Crippen molar-refractivity contribution in [3.63, 3.8) is 0 Å². The fourth-order valence-corrected chi connectivity index (χ4v) is 5.18. The maximum Gasteiger partial charge on any atom is 0.228 e. The third-order valence-corrected chi connectivity index (χ3v) is 7.87. The lowest BCUT2D eigenvalue weighted by Gasteiger charge is -2.40. The summed E-state index contributed by atoms with van der Waals surface area (Å²) in [6.45, 7) is 7.73. The molecule has 0 aromatic carbocycles. The summed E-state index contributed by atoms with van der Waals surface area (Å²) < 4.78 is 32.9. The van der Waals surface area contributed by atoms with Crippen LogP contribution in [0.4, 0.5) is 23.5 Å². The first kappa shape index (κ1) is 32.3. The second-order valence-electron chi connectivity index (χ2n) is 10.5. The molecule has 2 aromatic rings. The average molecular weight is 593 g/mol. The number of fused-ring (bicyclic) bond motifs is 1. The number of aromatic nitrogens is 4. The Hall–Kier alpha value is -2.62. The zero-order valence-electron chi connectivity index (χ0n) is 26.1. The average Bonchev–Trinajstić information content (AvgIpc) is 3.00. The molecule has 2 aliphatic rings. The first-order valence-electron chi connectivity index (χ1n) is 14.7. The lowest BCUT2D eigenvalue weighted by molar-refractivity contribution is 0.0784. The smallest absolute Gasteiger partial charge is 0.228 e. The number of rotatable bonds is 18. The van der Waals surface area contributed by atoms with E-state index in [1.807, 2.05) is 0 Å². The van der Waals surface area contributed by atoms with Gasteiger partial charge in [-0.15, -0.1) is 0 Å². The van der Waals surface area contributed by atoms with Gasteiger partial charge in [0.05, 0.1) is 38.6 Å². The topological polar surface area (TPSA) is 120 Å². The predicted molar refractivity (Wildman–Crippen MR) is 162 cm³/mol. The van der Waals surface area contributed by atoms with Crippen molar-refractivity contribution in [3.05, 3.63) is 0 Å². The molecule has 4 heterocycles. The maximum atomic E-state index is 5.66. The number of piperidine rings is 1. The van der Waals surface area contributed by atoms with E-state index in [4.69, 9.17) is 48.4 Å². The van der Waals surface area contributed by atoms with E-state index >= 15 is 0 Å². The standard InChI is InChI=1S/C28H48N8O6/c1-37-15-11-34(12-16-38-2)27-30-24-23(25(31-27)33-9-7-21(41-5)8-10-33)29-28(35(13-17-39-3)14-18-40-4)32-26(24)36-19-22(20-36)42-6/h21-22H,7-20H2,1-6H3. The van der Waals surface area contributed by atoms with Crippen LogP contribution >= 0.6 is 0 Å². The summed E-state index contributed by atoms with van der Waals surface area (Å²) in [6.07, 6.45) is 2.20. The summed E-state index contributed by atoms with van der Waals surface area (Å²) in [6, 6.07) is 0. The molecule has 0 radical (unpaired) electrons. The predicted octanol–water partition coefficient (Wildman–Crippen LogP) is 1.07. The van der Waals surface area contributed by atoms with Crippen molar-refractivity contribution in [1.29, 1.82) is 0 Å². The molecule has 0 bridgehead atoms. The van der Waals surface area contributed by atoms with Gasteiger partial charge in [0.2, 0.25) is 11.9 Å². The second kappa shape index (κ2) is 16.3. The minimum Gasteiger partial charge on any atom is -0.383 e. The summed E-state index contributed by atoms with van der Waals surface area (Å²) >= 11 is 0. The van der Waals surface area contributed by atoms with E-state index in [1.54, 1.807) is 42.7 Å². The normalized spacial score (nSPS) is 16.3. The monoisotopic (exact) mass is 592 g/mol. The molecule has 0 unspecified atom stereocenters. The van der Waals surface area contributed by atoms with Crippen molar-refractivity contribution in [1.82, 2.24) is 19.9 Å². The van der Waals surface area contributed by atoms with Crippen molar-refractivity contribution in [2.45, 2.75) is 25.0 Å². The molecule has 0 spiro atoms. The minimum absolute atomic E-state index is 0.144. The molecule has 2 fully saturated rings. The van der Waals surface area contributed by atoms with Gasteiger partial charge >= 0.3 is 0 Å². The van der Waals surface area contributed by atoms with E-state index in [0.29, 0.717) is 64.5 Å². The van der Waals surface area contributed by atoms with Gasteiger partial charge in [-0.05, 0) is 12.8 Å². The Kier molecular flexibility index (Phi) is 12.5. The van der Waals surface area contributed by atoms with Crippen LogP contribution in [0.25, 0.3) is 11.0 Å². The zero-order chi connectivity index (χ0) is 29.9.